The molecule has 0 aromatic heterocycles. The van der Waals surface area contributed by atoms with E-state index in [1.54, 1.807) is 56.4 Å². The summed E-state index contributed by atoms with van der Waals surface area (Å²) in [5.41, 5.74) is 11.0. The molecule has 10 heteroatoms. The van der Waals surface area contributed by atoms with E-state index in [4.69, 9.17) is 5.53 Å². The summed E-state index contributed by atoms with van der Waals surface area (Å²) in [5.74, 6) is -0.671. The Labute approximate surface area is 183 Å². The molecule has 9 nitrogen and oxygen atoms in total. The van der Waals surface area contributed by atoms with Crippen molar-refractivity contribution in [1.29, 1.82) is 0 Å². The predicted octanol–water partition coefficient (Wildman–Crippen LogP) is 4.55. The highest BCUT2D eigenvalue weighted by atomic mass is 32.2. The van der Waals surface area contributed by atoms with Gasteiger partial charge in [0.2, 0.25) is 0 Å². The molecule has 160 valence electrons. The molecule has 1 aliphatic carbocycles. The third kappa shape index (κ3) is 3.37. The fraction of sp³-hybridized carbons (Fsp3) is 0.0909. The molecule has 0 bridgehead atoms. The Morgan fingerprint density at radius 1 is 0.875 bits per heavy atom. The molecule has 0 heterocycles. The number of anilines is 3. The molecule has 4 rings (SSSR count). The summed E-state index contributed by atoms with van der Waals surface area (Å²) >= 11 is 0. The third-order valence-electron chi connectivity index (χ3n) is 5.17. The van der Waals surface area contributed by atoms with Gasteiger partial charge in [-0.3, -0.25) is 9.59 Å². The Bertz CT molecular complexity index is 1460. The highest BCUT2D eigenvalue weighted by Gasteiger charge is 2.34. The number of fused-ring (bicyclic) bond motifs is 2. The van der Waals surface area contributed by atoms with Gasteiger partial charge in [0, 0.05) is 33.3 Å². The Morgan fingerprint density at radius 3 is 2.03 bits per heavy atom. The highest BCUT2D eigenvalue weighted by molar-refractivity contribution is 7.90. The van der Waals surface area contributed by atoms with Crippen LogP contribution in [-0.2, 0) is 10.0 Å². The predicted molar refractivity (Wildman–Crippen MR) is 120 cm³/mol. The van der Waals surface area contributed by atoms with Crippen molar-refractivity contribution in [1.82, 2.24) is 0 Å². The van der Waals surface area contributed by atoms with Crippen LogP contribution in [0, 0.1) is 6.92 Å². The van der Waals surface area contributed by atoms with E-state index in [1.807, 2.05) is 0 Å². The van der Waals surface area contributed by atoms with Crippen molar-refractivity contribution in [2.75, 3.05) is 17.7 Å². The van der Waals surface area contributed by atoms with E-state index in [-0.39, 0.29) is 44.5 Å². The first-order valence-electron chi connectivity index (χ1n) is 9.50. The SMILES string of the molecule is CNc1ccc(Nc2ccc(C)cc2S(=O)(=O)N=[N+]=[N-])c2c1C(=O)c1ccccc1C2=O. The summed E-state index contributed by atoms with van der Waals surface area (Å²) < 4.78 is 27.9. The average Bonchev–Trinajstić information content (AvgIpc) is 2.78. The minimum atomic E-state index is -4.31. The van der Waals surface area contributed by atoms with Crippen molar-refractivity contribution in [2.24, 2.45) is 4.52 Å². The van der Waals surface area contributed by atoms with Gasteiger partial charge in [0.15, 0.2) is 11.6 Å². The van der Waals surface area contributed by atoms with Gasteiger partial charge < -0.3 is 10.6 Å². The molecule has 0 saturated carbocycles. The van der Waals surface area contributed by atoms with E-state index in [1.165, 1.54) is 12.1 Å². The minimum absolute atomic E-state index is 0.113. The first-order valence-corrected chi connectivity index (χ1v) is 10.9. The van der Waals surface area contributed by atoms with Crippen LogP contribution in [-0.4, -0.2) is 27.0 Å². The topological polar surface area (TPSA) is 141 Å². The van der Waals surface area contributed by atoms with E-state index in [0.29, 0.717) is 16.8 Å². The largest absolute Gasteiger partial charge is 0.388 e. The van der Waals surface area contributed by atoms with Crippen molar-refractivity contribution in [3.05, 3.63) is 92.9 Å². The molecular weight excluding hydrogens is 430 g/mol. The number of hydrogen-bond donors (Lipinski definition) is 2. The number of azide groups is 1. The molecule has 0 fully saturated rings. The zero-order chi connectivity index (χ0) is 23.0. The Kier molecular flexibility index (Phi) is 5.17. The number of hydrogen-bond acceptors (Lipinski definition) is 6. The molecule has 1 aliphatic rings. The quantitative estimate of drug-likeness (QED) is 0.261. The van der Waals surface area contributed by atoms with E-state index in [0.717, 1.165) is 0 Å². The van der Waals surface area contributed by atoms with E-state index in [9.17, 15) is 18.0 Å². The maximum atomic E-state index is 13.4. The van der Waals surface area contributed by atoms with Crippen molar-refractivity contribution in [3.63, 3.8) is 0 Å². The fourth-order valence-corrected chi connectivity index (χ4v) is 4.63. The molecular formula is C22H17N5O4S. The number of benzene rings is 3. The van der Waals surface area contributed by atoms with Crippen molar-refractivity contribution in [3.8, 4) is 0 Å². The molecule has 0 atom stereocenters. The number of carbonyl (C=O) groups is 2. The van der Waals surface area contributed by atoms with Gasteiger partial charge in [-0.2, -0.15) is 0 Å². The second kappa shape index (κ2) is 7.84. The second-order valence-corrected chi connectivity index (χ2v) is 8.69. The first kappa shape index (κ1) is 21.1. The molecule has 0 aliphatic heterocycles. The number of carbonyl (C=O) groups excluding carboxylic acids is 2. The third-order valence-corrected chi connectivity index (χ3v) is 6.36. The maximum absolute atomic E-state index is 13.4. The zero-order valence-electron chi connectivity index (χ0n) is 17.1. The number of sulfonamides is 1. The van der Waals surface area contributed by atoms with Gasteiger partial charge in [-0.05, 0) is 42.3 Å². The number of nitrogens with one attached hydrogen (secondary N) is 2. The Morgan fingerprint density at radius 2 is 1.44 bits per heavy atom. The Hall–Kier alpha value is -4.14. The number of rotatable bonds is 5. The van der Waals surface area contributed by atoms with Gasteiger partial charge in [-0.15, -0.1) is 0 Å². The van der Waals surface area contributed by atoms with Gasteiger partial charge in [-0.25, -0.2) is 8.42 Å². The van der Waals surface area contributed by atoms with Crippen LogP contribution < -0.4 is 10.6 Å². The van der Waals surface area contributed by atoms with Crippen LogP contribution in [0.3, 0.4) is 0 Å². The van der Waals surface area contributed by atoms with Gasteiger partial charge in [0.1, 0.15) is 0 Å². The standard InChI is InChI=1S/C22H17N5O4S/c1-12-7-8-15(18(11-12)32(30,31)27-26-23)25-17-10-9-16(24-2)19-20(17)22(29)14-6-4-3-5-13(14)21(19)28/h3-11,24-25H,1-2H3. The molecule has 3 aromatic rings. The highest BCUT2D eigenvalue weighted by Crippen LogP contribution is 2.38. The normalized spacial score (nSPS) is 12.4. The van der Waals surface area contributed by atoms with Gasteiger partial charge >= 0.3 is 0 Å². The molecule has 0 amide bonds. The Balaban J connectivity index is 1.93. The average molecular weight is 447 g/mol. The van der Waals surface area contributed by atoms with Crippen LogP contribution in [0.25, 0.3) is 10.4 Å². The van der Waals surface area contributed by atoms with Gasteiger partial charge in [-0.1, -0.05) is 30.3 Å². The van der Waals surface area contributed by atoms with Gasteiger partial charge in [0.05, 0.1) is 27.4 Å². The summed E-state index contributed by atoms with van der Waals surface area (Å²) in [7, 11) is -2.66. The summed E-state index contributed by atoms with van der Waals surface area (Å²) in [6.45, 7) is 1.70. The summed E-state index contributed by atoms with van der Waals surface area (Å²) in [6, 6.07) is 14.3. The summed E-state index contributed by atoms with van der Waals surface area (Å²) in [4.78, 5) is 28.8. The molecule has 2 N–H and O–H groups in total. The monoisotopic (exact) mass is 447 g/mol. The fourth-order valence-electron chi connectivity index (χ4n) is 3.72. The van der Waals surface area contributed by atoms with E-state index >= 15 is 0 Å². The molecule has 3 aromatic carbocycles. The number of aryl methyl sites for hydroxylation is 1. The summed E-state index contributed by atoms with van der Waals surface area (Å²) in [6.07, 6.45) is 0. The van der Waals surface area contributed by atoms with Crippen LogP contribution in [0.4, 0.5) is 17.1 Å². The molecule has 0 radical (unpaired) electrons. The lowest BCUT2D eigenvalue weighted by Crippen LogP contribution is -2.23. The molecule has 0 saturated heterocycles. The second-order valence-electron chi connectivity index (χ2n) is 7.14. The van der Waals surface area contributed by atoms with Crippen LogP contribution in [0.2, 0.25) is 0 Å². The van der Waals surface area contributed by atoms with Gasteiger partial charge in [0.25, 0.3) is 10.0 Å². The van der Waals surface area contributed by atoms with E-state index in [2.05, 4.69) is 20.1 Å². The molecule has 0 unspecified atom stereocenters. The van der Waals surface area contributed by atoms with Crippen molar-refractivity contribution < 1.29 is 18.0 Å². The summed E-state index contributed by atoms with van der Waals surface area (Å²) in [5, 5.41) is 5.90. The first-order chi connectivity index (χ1) is 15.3. The van der Waals surface area contributed by atoms with Crippen LogP contribution in [0.15, 0.2) is 64.0 Å². The van der Waals surface area contributed by atoms with Crippen molar-refractivity contribution in [2.45, 2.75) is 11.8 Å². The smallest absolute Gasteiger partial charge is 0.266 e. The van der Waals surface area contributed by atoms with Crippen LogP contribution in [0.1, 0.15) is 37.4 Å². The molecule has 0 spiro atoms. The van der Waals surface area contributed by atoms with E-state index < -0.39 is 10.0 Å². The lowest BCUT2D eigenvalue weighted by Gasteiger charge is -2.23. The zero-order valence-corrected chi connectivity index (χ0v) is 17.9. The lowest BCUT2D eigenvalue weighted by atomic mass is 9.82. The number of nitrogens with zero attached hydrogens (tertiary/aromatic N) is 3. The number of ketones is 2. The lowest BCUT2D eigenvalue weighted by molar-refractivity contribution is 0.0980. The van der Waals surface area contributed by atoms with Crippen LogP contribution >= 0.6 is 0 Å². The molecule has 32 heavy (non-hydrogen) atoms. The minimum Gasteiger partial charge on any atom is -0.388 e. The van der Waals surface area contributed by atoms with Crippen LogP contribution in [0.5, 0.6) is 0 Å². The van der Waals surface area contributed by atoms with Crippen molar-refractivity contribution >= 4 is 38.7 Å². The maximum Gasteiger partial charge on any atom is 0.266 e.